The summed E-state index contributed by atoms with van der Waals surface area (Å²) in [6.45, 7) is 0. The first-order valence-corrected chi connectivity index (χ1v) is 5.23. The van der Waals surface area contributed by atoms with Gasteiger partial charge in [-0.2, -0.15) is 28.6 Å². The monoisotopic (exact) mass is 265 g/mol. The fraction of sp³-hybridized carbons (Fsp3) is 0.0909. The molecule has 0 spiro atoms. The van der Waals surface area contributed by atoms with E-state index in [1.54, 1.807) is 0 Å². The van der Waals surface area contributed by atoms with Gasteiger partial charge in [0, 0.05) is 23.5 Å². The van der Waals surface area contributed by atoms with Crippen LogP contribution in [-0.4, -0.2) is 25.4 Å². The maximum absolute atomic E-state index is 12.8. The van der Waals surface area contributed by atoms with Crippen LogP contribution >= 0.6 is 0 Å². The summed E-state index contributed by atoms with van der Waals surface area (Å²) in [7, 11) is 0. The average Bonchev–Trinajstić information content (AvgIpc) is 2.85. The number of alkyl halides is 3. The van der Waals surface area contributed by atoms with Crippen molar-refractivity contribution in [3.63, 3.8) is 0 Å². The Hall–Kier alpha value is -2.51. The summed E-state index contributed by atoms with van der Waals surface area (Å²) >= 11 is 0. The molecule has 3 rings (SSSR count). The standard InChI is InChI=1S/C11H6F3N5/c12-11(13,14)7-1-8(6-3-15-5-16-4-6)10-9(2-7)17-19-18-10/h1-5H,(H,17,18,19). The van der Waals surface area contributed by atoms with Gasteiger partial charge >= 0.3 is 6.18 Å². The molecule has 8 heteroatoms. The molecule has 0 bridgehead atoms. The zero-order valence-corrected chi connectivity index (χ0v) is 9.31. The van der Waals surface area contributed by atoms with Crippen molar-refractivity contribution in [3.8, 4) is 11.1 Å². The molecule has 1 aromatic carbocycles. The largest absolute Gasteiger partial charge is 0.416 e. The lowest BCUT2D eigenvalue weighted by molar-refractivity contribution is -0.137. The van der Waals surface area contributed by atoms with E-state index in [0.717, 1.165) is 12.1 Å². The van der Waals surface area contributed by atoms with Crippen molar-refractivity contribution in [2.75, 3.05) is 0 Å². The first kappa shape index (κ1) is 11.6. The van der Waals surface area contributed by atoms with Crippen LogP contribution < -0.4 is 0 Å². The molecule has 0 aliphatic heterocycles. The van der Waals surface area contributed by atoms with Crippen molar-refractivity contribution in [2.45, 2.75) is 6.18 Å². The molecule has 1 N–H and O–H groups in total. The molecular formula is C11H6F3N5. The number of nitrogens with one attached hydrogen (secondary N) is 1. The number of benzene rings is 1. The zero-order valence-electron chi connectivity index (χ0n) is 9.31. The lowest BCUT2D eigenvalue weighted by atomic mass is 10.0. The predicted octanol–water partition coefficient (Wildman–Crippen LogP) is 2.43. The van der Waals surface area contributed by atoms with Gasteiger partial charge < -0.3 is 0 Å². The summed E-state index contributed by atoms with van der Waals surface area (Å²) in [6.07, 6.45) is -0.290. The Balaban J connectivity index is 2.31. The minimum Gasteiger partial charge on any atom is -0.244 e. The van der Waals surface area contributed by atoms with Gasteiger partial charge in [-0.3, -0.25) is 0 Å². The van der Waals surface area contributed by atoms with Gasteiger partial charge in [-0.1, -0.05) is 0 Å². The van der Waals surface area contributed by atoms with E-state index in [2.05, 4.69) is 25.4 Å². The highest BCUT2D eigenvalue weighted by Crippen LogP contribution is 2.35. The minimum absolute atomic E-state index is 0.147. The number of hydrogen-bond donors (Lipinski definition) is 1. The van der Waals surface area contributed by atoms with Gasteiger partial charge in [-0.15, -0.1) is 0 Å². The molecule has 2 heterocycles. The number of H-pyrrole nitrogens is 1. The van der Waals surface area contributed by atoms with E-state index in [1.165, 1.54) is 18.7 Å². The summed E-state index contributed by atoms with van der Waals surface area (Å²) in [5.74, 6) is 0. The quantitative estimate of drug-likeness (QED) is 0.733. The Morgan fingerprint density at radius 2 is 1.74 bits per heavy atom. The van der Waals surface area contributed by atoms with Crippen molar-refractivity contribution in [2.24, 2.45) is 0 Å². The van der Waals surface area contributed by atoms with Gasteiger partial charge in [-0.05, 0) is 12.1 Å². The SMILES string of the molecule is FC(F)(F)c1cc(-c2cncnc2)c2n[nH]nc2c1. The molecule has 0 aliphatic rings. The molecule has 0 aliphatic carbocycles. The summed E-state index contributed by atoms with van der Waals surface area (Å²) in [4.78, 5) is 7.59. The second-order valence-electron chi connectivity index (χ2n) is 3.84. The van der Waals surface area contributed by atoms with E-state index in [-0.39, 0.29) is 5.52 Å². The van der Waals surface area contributed by atoms with Crippen LogP contribution in [0.25, 0.3) is 22.2 Å². The summed E-state index contributed by atoms with van der Waals surface area (Å²) in [5.41, 5.74) is 0.455. The number of aromatic nitrogens is 5. The summed E-state index contributed by atoms with van der Waals surface area (Å²) in [6, 6.07) is 1.97. The molecule has 5 nitrogen and oxygen atoms in total. The number of fused-ring (bicyclic) bond motifs is 1. The average molecular weight is 265 g/mol. The molecule has 0 saturated carbocycles. The van der Waals surface area contributed by atoms with Crippen LogP contribution in [0.15, 0.2) is 30.9 Å². The van der Waals surface area contributed by atoms with Crippen LogP contribution in [0.3, 0.4) is 0 Å². The van der Waals surface area contributed by atoms with E-state index in [9.17, 15) is 13.2 Å². The maximum atomic E-state index is 12.8. The van der Waals surface area contributed by atoms with Gasteiger partial charge in [-0.25, -0.2) is 9.97 Å². The van der Waals surface area contributed by atoms with Crippen molar-refractivity contribution in [1.29, 1.82) is 0 Å². The third-order valence-electron chi connectivity index (χ3n) is 2.62. The van der Waals surface area contributed by atoms with Crippen molar-refractivity contribution >= 4 is 11.0 Å². The first-order chi connectivity index (χ1) is 9.05. The van der Waals surface area contributed by atoms with Gasteiger partial charge in [0.05, 0.1) is 5.56 Å². The first-order valence-electron chi connectivity index (χ1n) is 5.23. The molecule has 0 radical (unpaired) electrons. The highest BCUT2D eigenvalue weighted by atomic mass is 19.4. The van der Waals surface area contributed by atoms with Crippen LogP contribution in [0.4, 0.5) is 13.2 Å². The third-order valence-corrected chi connectivity index (χ3v) is 2.62. The van der Waals surface area contributed by atoms with E-state index in [0.29, 0.717) is 16.6 Å². The fourth-order valence-corrected chi connectivity index (χ4v) is 1.77. The maximum Gasteiger partial charge on any atom is 0.416 e. The van der Waals surface area contributed by atoms with Gasteiger partial charge in [0.25, 0.3) is 0 Å². The fourth-order valence-electron chi connectivity index (χ4n) is 1.77. The van der Waals surface area contributed by atoms with E-state index in [1.807, 2.05) is 0 Å². The second kappa shape index (κ2) is 4.01. The summed E-state index contributed by atoms with van der Waals surface area (Å²) in [5, 5.41) is 9.88. The topological polar surface area (TPSA) is 67.3 Å². The number of rotatable bonds is 1. The van der Waals surface area contributed by atoms with Gasteiger partial charge in [0.2, 0.25) is 0 Å². The molecule has 0 unspecified atom stereocenters. The molecule has 2 aromatic heterocycles. The number of aromatic amines is 1. The van der Waals surface area contributed by atoms with E-state index < -0.39 is 11.7 Å². The van der Waals surface area contributed by atoms with Crippen molar-refractivity contribution in [3.05, 3.63) is 36.4 Å². The minimum atomic E-state index is -4.45. The molecule has 0 fully saturated rings. The Labute approximate surface area is 104 Å². The smallest absolute Gasteiger partial charge is 0.244 e. The van der Waals surface area contributed by atoms with Crippen LogP contribution in [0.5, 0.6) is 0 Å². The highest BCUT2D eigenvalue weighted by Gasteiger charge is 2.32. The zero-order chi connectivity index (χ0) is 13.5. The molecule has 0 amide bonds. The van der Waals surface area contributed by atoms with Gasteiger partial charge in [0.15, 0.2) is 0 Å². The van der Waals surface area contributed by atoms with Gasteiger partial charge in [0.1, 0.15) is 17.4 Å². The lowest BCUT2D eigenvalue weighted by Gasteiger charge is -2.09. The molecule has 0 atom stereocenters. The predicted molar refractivity (Wildman–Crippen MR) is 59.9 cm³/mol. The summed E-state index contributed by atoms with van der Waals surface area (Å²) < 4.78 is 38.5. The lowest BCUT2D eigenvalue weighted by Crippen LogP contribution is -2.05. The second-order valence-corrected chi connectivity index (χ2v) is 3.84. The number of nitrogens with zero attached hydrogens (tertiary/aromatic N) is 4. The van der Waals surface area contributed by atoms with Crippen LogP contribution in [0.2, 0.25) is 0 Å². The van der Waals surface area contributed by atoms with Crippen molar-refractivity contribution < 1.29 is 13.2 Å². The molecule has 19 heavy (non-hydrogen) atoms. The van der Waals surface area contributed by atoms with Crippen molar-refractivity contribution in [1.82, 2.24) is 25.4 Å². The van der Waals surface area contributed by atoms with E-state index >= 15 is 0 Å². The van der Waals surface area contributed by atoms with Crippen LogP contribution in [-0.2, 0) is 6.18 Å². The van der Waals surface area contributed by atoms with Crippen LogP contribution in [0, 0.1) is 0 Å². The Morgan fingerprint density at radius 3 is 2.42 bits per heavy atom. The molecular weight excluding hydrogens is 259 g/mol. The Bertz CT molecular complexity index is 720. The normalized spacial score (nSPS) is 11.9. The number of hydrogen-bond acceptors (Lipinski definition) is 4. The van der Waals surface area contributed by atoms with E-state index in [4.69, 9.17) is 0 Å². The highest BCUT2D eigenvalue weighted by molar-refractivity contribution is 5.91. The Kier molecular flexibility index (Phi) is 2.44. The Morgan fingerprint density at radius 1 is 1.00 bits per heavy atom. The molecule has 3 aromatic rings. The molecule has 96 valence electrons. The number of halogens is 3. The third kappa shape index (κ3) is 2.01. The van der Waals surface area contributed by atoms with Crippen LogP contribution in [0.1, 0.15) is 5.56 Å². The molecule has 0 saturated heterocycles.